The number of carbonyl (C=O) groups excluding carboxylic acids is 1. The molecule has 0 atom stereocenters. The molecule has 2 aromatic rings. The molecule has 1 aromatic heterocycles. The van der Waals surface area contributed by atoms with E-state index in [1.54, 1.807) is 30.6 Å². The van der Waals surface area contributed by atoms with E-state index in [4.69, 9.17) is 14.2 Å². The Balaban J connectivity index is 2.12. The molecule has 1 amide bonds. The Morgan fingerprint density at radius 1 is 1.14 bits per heavy atom. The standard InChI is InChI=1S/C22H30N2O4S/c1-13-19(22(2,3)4)29-21(24(13)12-14-8-9-14)23-20(25)15-10-11-16(26-5)18(28-7)17(15)27-6/h10-11,14H,8-9,12H2,1-7H3/b23-21-. The normalized spacial score (nSPS) is 14.8. The van der Waals surface area contributed by atoms with Crippen molar-refractivity contribution < 1.29 is 19.0 Å². The third kappa shape index (κ3) is 4.34. The number of hydrogen-bond acceptors (Lipinski definition) is 5. The second kappa shape index (κ2) is 8.22. The van der Waals surface area contributed by atoms with Crippen LogP contribution in [0.4, 0.5) is 0 Å². The monoisotopic (exact) mass is 418 g/mol. The average Bonchev–Trinajstić information content (AvgIpc) is 3.44. The molecule has 7 heteroatoms. The van der Waals surface area contributed by atoms with Crippen LogP contribution in [0.2, 0.25) is 0 Å². The van der Waals surface area contributed by atoms with Crippen molar-refractivity contribution in [3.63, 3.8) is 0 Å². The number of hydrogen-bond donors (Lipinski definition) is 0. The first-order valence-corrected chi connectivity index (χ1v) is 10.6. The van der Waals surface area contributed by atoms with Crippen molar-refractivity contribution >= 4 is 17.2 Å². The number of aromatic nitrogens is 1. The third-order valence-corrected chi connectivity index (χ3v) is 6.71. The second-order valence-electron chi connectivity index (χ2n) is 8.40. The smallest absolute Gasteiger partial charge is 0.283 e. The van der Waals surface area contributed by atoms with Gasteiger partial charge in [0, 0.05) is 17.1 Å². The summed E-state index contributed by atoms with van der Waals surface area (Å²) in [6, 6.07) is 3.37. The van der Waals surface area contributed by atoms with Crippen molar-refractivity contribution in [3.8, 4) is 17.2 Å². The molecule has 3 rings (SSSR count). The van der Waals surface area contributed by atoms with Crippen LogP contribution < -0.4 is 19.0 Å². The zero-order valence-electron chi connectivity index (χ0n) is 18.3. The average molecular weight is 419 g/mol. The SMILES string of the molecule is COc1ccc(C(=O)/N=c2\sc(C(C)(C)C)c(C)n2CC2CC2)c(OC)c1OC. The number of ether oxygens (including phenoxy) is 3. The van der Waals surface area contributed by atoms with Crippen molar-refractivity contribution in [3.05, 3.63) is 33.1 Å². The Bertz CT molecular complexity index is 978. The Hall–Kier alpha value is -2.28. The molecule has 1 heterocycles. The van der Waals surface area contributed by atoms with Crippen LogP contribution in [-0.4, -0.2) is 31.8 Å². The van der Waals surface area contributed by atoms with Gasteiger partial charge < -0.3 is 18.8 Å². The van der Waals surface area contributed by atoms with Crippen LogP contribution in [0.5, 0.6) is 17.2 Å². The molecule has 0 spiro atoms. The van der Waals surface area contributed by atoms with E-state index in [9.17, 15) is 4.79 Å². The molecule has 29 heavy (non-hydrogen) atoms. The van der Waals surface area contributed by atoms with E-state index in [0.717, 1.165) is 11.3 Å². The topological polar surface area (TPSA) is 62.0 Å². The molecule has 0 bridgehead atoms. The molecule has 1 aliphatic rings. The highest BCUT2D eigenvalue weighted by Crippen LogP contribution is 2.40. The number of nitrogens with zero attached hydrogens (tertiary/aromatic N) is 2. The molecular formula is C22H30N2O4S. The summed E-state index contributed by atoms with van der Waals surface area (Å²) in [5, 5.41) is 0. The van der Waals surface area contributed by atoms with Crippen molar-refractivity contribution in [2.75, 3.05) is 21.3 Å². The maximum absolute atomic E-state index is 13.1. The number of benzene rings is 1. The Morgan fingerprint density at radius 2 is 1.79 bits per heavy atom. The number of carbonyl (C=O) groups is 1. The van der Waals surface area contributed by atoms with Crippen LogP contribution in [0, 0.1) is 12.8 Å². The highest BCUT2D eigenvalue weighted by atomic mass is 32.1. The van der Waals surface area contributed by atoms with E-state index in [1.807, 2.05) is 0 Å². The lowest BCUT2D eigenvalue weighted by Gasteiger charge is -2.17. The van der Waals surface area contributed by atoms with Gasteiger partial charge in [0.15, 0.2) is 16.3 Å². The van der Waals surface area contributed by atoms with Gasteiger partial charge in [-0.05, 0) is 43.2 Å². The van der Waals surface area contributed by atoms with Crippen LogP contribution in [0.3, 0.4) is 0 Å². The van der Waals surface area contributed by atoms with Crippen LogP contribution in [-0.2, 0) is 12.0 Å². The highest BCUT2D eigenvalue weighted by Gasteiger charge is 2.27. The second-order valence-corrected chi connectivity index (χ2v) is 9.38. The summed E-state index contributed by atoms with van der Waals surface area (Å²) in [5.74, 6) is 1.56. The van der Waals surface area contributed by atoms with E-state index >= 15 is 0 Å². The summed E-state index contributed by atoms with van der Waals surface area (Å²) >= 11 is 1.60. The molecule has 1 fully saturated rings. The van der Waals surface area contributed by atoms with Gasteiger partial charge in [-0.3, -0.25) is 4.79 Å². The summed E-state index contributed by atoms with van der Waals surface area (Å²) < 4.78 is 18.4. The lowest BCUT2D eigenvalue weighted by atomic mass is 9.93. The van der Waals surface area contributed by atoms with Gasteiger partial charge in [0.25, 0.3) is 5.91 Å². The number of methoxy groups -OCH3 is 3. The fourth-order valence-corrected chi connectivity index (χ4v) is 4.65. The molecule has 1 saturated carbocycles. The maximum atomic E-state index is 13.1. The van der Waals surface area contributed by atoms with E-state index in [0.29, 0.717) is 28.7 Å². The summed E-state index contributed by atoms with van der Waals surface area (Å²) in [6.45, 7) is 9.61. The minimum absolute atomic E-state index is 0.00209. The predicted octanol–water partition coefficient (Wildman–Crippen LogP) is 4.33. The molecule has 1 aliphatic carbocycles. The van der Waals surface area contributed by atoms with Gasteiger partial charge in [0.05, 0.1) is 26.9 Å². The molecule has 158 valence electrons. The van der Waals surface area contributed by atoms with Gasteiger partial charge in [0.2, 0.25) is 5.75 Å². The zero-order valence-corrected chi connectivity index (χ0v) is 19.1. The molecule has 1 aromatic carbocycles. The van der Waals surface area contributed by atoms with Crippen LogP contribution in [0.1, 0.15) is 54.5 Å². The van der Waals surface area contributed by atoms with Crippen molar-refractivity contribution in [1.82, 2.24) is 4.57 Å². The van der Waals surface area contributed by atoms with Gasteiger partial charge in [-0.15, -0.1) is 11.3 Å². The van der Waals surface area contributed by atoms with E-state index in [-0.39, 0.29) is 11.3 Å². The van der Waals surface area contributed by atoms with Gasteiger partial charge in [-0.25, -0.2) is 0 Å². The van der Waals surface area contributed by atoms with Crippen molar-refractivity contribution in [1.29, 1.82) is 0 Å². The fourth-order valence-electron chi connectivity index (χ4n) is 3.46. The molecule has 0 N–H and O–H groups in total. The minimum Gasteiger partial charge on any atom is -0.493 e. The largest absolute Gasteiger partial charge is 0.493 e. The Morgan fingerprint density at radius 3 is 2.31 bits per heavy atom. The van der Waals surface area contributed by atoms with Crippen LogP contribution in [0.25, 0.3) is 0 Å². The van der Waals surface area contributed by atoms with Crippen molar-refractivity contribution in [2.45, 2.75) is 52.5 Å². The van der Waals surface area contributed by atoms with E-state index < -0.39 is 0 Å². The first-order chi connectivity index (χ1) is 13.7. The van der Waals surface area contributed by atoms with Crippen molar-refractivity contribution in [2.24, 2.45) is 10.9 Å². The summed E-state index contributed by atoms with van der Waals surface area (Å²) in [6.07, 6.45) is 2.48. The maximum Gasteiger partial charge on any atom is 0.283 e. The van der Waals surface area contributed by atoms with E-state index in [2.05, 4.69) is 37.3 Å². The lowest BCUT2D eigenvalue weighted by Crippen LogP contribution is -2.20. The molecule has 0 aliphatic heterocycles. The first kappa shape index (κ1) is 21.4. The van der Waals surface area contributed by atoms with Crippen LogP contribution in [0.15, 0.2) is 17.1 Å². The van der Waals surface area contributed by atoms with Gasteiger partial charge >= 0.3 is 0 Å². The van der Waals surface area contributed by atoms with Gasteiger partial charge in [-0.2, -0.15) is 4.99 Å². The molecule has 0 unspecified atom stereocenters. The number of amides is 1. The Kier molecular flexibility index (Phi) is 6.08. The molecule has 0 saturated heterocycles. The molecule has 0 radical (unpaired) electrons. The molecular weight excluding hydrogens is 388 g/mol. The minimum atomic E-state index is -0.353. The Labute approximate surface area is 176 Å². The predicted molar refractivity (Wildman–Crippen MR) is 114 cm³/mol. The summed E-state index contributed by atoms with van der Waals surface area (Å²) in [5.41, 5.74) is 1.55. The van der Waals surface area contributed by atoms with Gasteiger partial charge in [0.1, 0.15) is 0 Å². The lowest BCUT2D eigenvalue weighted by molar-refractivity contribution is 0.0994. The highest BCUT2D eigenvalue weighted by molar-refractivity contribution is 7.09. The quantitative estimate of drug-likeness (QED) is 0.700. The third-order valence-electron chi connectivity index (χ3n) is 5.11. The fraction of sp³-hybridized carbons (Fsp3) is 0.545. The molecule has 6 nitrogen and oxygen atoms in total. The van der Waals surface area contributed by atoms with E-state index in [1.165, 1.54) is 37.6 Å². The number of thiazole rings is 1. The zero-order chi connectivity index (χ0) is 21.3. The van der Waals surface area contributed by atoms with Crippen LogP contribution >= 0.6 is 11.3 Å². The summed E-state index contributed by atoms with van der Waals surface area (Å²) in [7, 11) is 4.58. The first-order valence-electron chi connectivity index (χ1n) is 9.80. The number of rotatable bonds is 6. The van der Waals surface area contributed by atoms with Gasteiger partial charge in [-0.1, -0.05) is 20.8 Å². The summed E-state index contributed by atoms with van der Waals surface area (Å²) in [4.78, 5) is 19.6.